The van der Waals surface area contributed by atoms with Crippen LogP contribution in [-0.4, -0.2) is 58.6 Å². The van der Waals surface area contributed by atoms with Crippen LogP contribution in [0, 0.1) is 12.7 Å². The van der Waals surface area contributed by atoms with Crippen molar-refractivity contribution in [2.24, 2.45) is 0 Å². The summed E-state index contributed by atoms with van der Waals surface area (Å²) >= 11 is 0. The number of halogens is 1. The number of anilines is 1. The molecule has 3 amide bonds. The van der Waals surface area contributed by atoms with Gasteiger partial charge in [-0.15, -0.1) is 0 Å². The molecule has 2 fully saturated rings. The van der Waals surface area contributed by atoms with Crippen LogP contribution in [0.3, 0.4) is 0 Å². The second-order valence-electron chi connectivity index (χ2n) is 8.95. The smallest absolute Gasteiger partial charge is 0.322 e. The Morgan fingerprint density at radius 3 is 2.38 bits per heavy atom. The van der Waals surface area contributed by atoms with Crippen molar-refractivity contribution in [2.45, 2.75) is 24.9 Å². The van der Waals surface area contributed by atoms with Crippen LogP contribution < -0.4 is 5.32 Å². The predicted molar refractivity (Wildman–Crippen MR) is 128 cm³/mol. The van der Waals surface area contributed by atoms with E-state index >= 15 is 0 Å². The van der Waals surface area contributed by atoms with Gasteiger partial charge in [0.25, 0.3) is 0 Å². The third-order valence-electron chi connectivity index (χ3n) is 6.80. The van der Waals surface area contributed by atoms with E-state index in [-0.39, 0.29) is 37.1 Å². The van der Waals surface area contributed by atoms with Crippen LogP contribution in [0.5, 0.6) is 0 Å². The number of fused-ring (bicyclic) bond motifs is 1. The highest BCUT2D eigenvalue weighted by molar-refractivity contribution is 5.93. The fourth-order valence-corrected chi connectivity index (χ4v) is 5.07. The van der Waals surface area contributed by atoms with Gasteiger partial charge in [-0.1, -0.05) is 60.2 Å². The van der Waals surface area contributed by atoms with Gasteiger partial charge < -0.3 is 20.2 Å². The molecule has 2 aliphatic heterocycles. The molecule has 6 nitrogen and oxygen atoms in total. The van der Waals surface area contributed by atoms with Gasteiger partial charge in [0.05, 0.1) is 18.7 Å². The summed E-state index contributed by atoms with van der Waals surface area (Å²) in [7, 11) is 0. The van der Waals surface area contributed by atoms with Crippen molar-refractivity contribution in [1.29, 1.82) is 0 Å². The number of carbonyl (C=O) groups excluding carboxylic acids is 2. The maximum atomic E-state index is 13.5. The minimum absolute atomic E-state index is 0.0762. The average Bonchev–Trinajstić information content (AvgIpc) is 2.81. The Kier molecular flexibility index (Phi) is 5.79. The van der Waals surface area contributed by atoms with Gasteiger partial charge in [0.2, 0.25) is 5.91 Å². The van der Waals surface area contributed by atoms with Crippen molar-refractivity contribution in [3.8, 4) is 11.1 Å². The number of nitrogens with zero attached hydrogens (tertiary/aromatic N) is 2. The van der Waals surface area contributed by atoms with Crippen LogP contribution in [0.2, 0.25) is 0 Å². The highest BCUT2D eigenvalue weighted by atomic mass is 19.1. The number of amides is 3. The number of rotatable bonds is 4. The summed E-state index contributed by atoms with van der Waals surface area (Å²) in [5.74, 6) is -0.722. The Morgan fingerprint density at radius 2 is 1.74 bits per heavy atom. The second-order valence-corrected chi connectivity index (χ2v) is 8.95. The van der Waals surface area contributed by atoms with Gasteiger partial charge >= 0.3 is 6.03 Å². The molecule has 2 saturated heterocycles. The maximum absolute atomic E-state index is 13.5. The van der Waals surface area contributed by atoms with E-state index in [1.165, 1.54) is 28.7 Å². The molecule has 5 rings (SSSR count). The lowest BCUT2D eigenvalue weighted by Gasteiger charge is -2.58. The van der Waals surface area contributed by atoms with Crippen LogP contribution in [0.1, 0.15) is 17.0 Å². The molecule has 0 unspecified atom stereocenters. The zero-order valence-corrected chi connectivity index (χ0v) is 18.8. The SMILES string of the molecule is Cc1ccc(-c2ccc([C@H]3[C@@H](CO)N4C(=O)CN(C(=O)Nc5cccc(F)c5)C[C@H]34)cc2)cc1. The van der Waals surface area contributed by atoms with Gasteiger partial charge in [-0.3, -0.25) is 4.79 Å². The molecule has 0 bridgehead atoms. The number of carbonyl (C=O) groups is 2. The number of nitrogens with one attached hydrogen (secondary N) is 1. The minimum Gasteiger partial charge on any atom is -0.394 e. The van der Waals surface area contributed by atoms with Crippen molar-refractivity contribution in [1.82, 2.24) is 9.80 Å². The summed E-state index contributed by atoms with van der Waals surface area (Å²) in [6, 6.07) is 21.2. The fraction of sp³-hybridized carbons (Fsp3) is 0.259. The molecule has 2 N–H and O–H groups in total. The zero-order valence-electron chi connectivity index (χ0n) is 18.8. The summed E-state index contributed by atoms with van der Waals surface area (Å²) in [4.78, 5) is 28.8. The Morgan fingerprint density at radius 1 is 1.06 bits per heavy atom. The molecule has 7 heteroatoms. The maximum Gasteiger partial charge on any atom is 0.322 e. The van der Waals surface area contributed by atoms with E-state index in [9.17, 15) is 19.1 Å². The number of hydrogen-bond donors (Lipinski definition) is 2. The number of aliphatic hydroxyl groups excluding tert-OH is 1. The molecule has 0 radical (unpaired) electrons. The molecule has 2 heterocycles. The van der Waals surface area contributed by atoms with Crippen LogP contribution in [-0.2, 0) is 4.79 Å². The highest BCUT2D eigenvalue weighted by Gasteiger charge is 2.54. The topological polar surface area (TPSA) is 72.9 Å². The van der Waals surface area contributed by atoms with Crippen LogP contribution >= 0.6 is 0 Å². The minimum atomic E-state index is -0.447. The van der Waals surface area contributed by atoms with Crippen LogP contribution in [0.15, 0.2) is 72.8 Å². The Bertz CT molecular complexity index is 1210. The number of benzene rings is 3. The van der Waals surface area contributed by atoms with E-state index in [2.05, 4.69) is 48.6 Å². The van der Waals surface area contributed by atoms with Gasteiger partial charge in [0.1, 0.15) is 12.4 Å². The first-order valence-corrected chi connectivity index (χ1v) is 11.3. The van der Waals surface area contributed by atoms with Gasteiger partial charge in [-0.2, -0.15) is 0 Å². The first-order valence-electron chi connectivity index (χ1n) is 11.3. The number of piperazine rings is 1. The number of aliphatic hydroxyl groups is 1. The molecule has 3 atom stereocenters. The third kappa shape index (κ3) is 4.03. The van der Waals surface area contributed by atoms with E-state index in [0.29, 0.717) is 12.2 Å². The molecular formula is C27H26FN3O3. The lowest BCUT2D eigenvalue weighted by Crippen LogP contribution is -2.73. The molecule has 174 valence electrons. The number of urea groups is 1. The summed E-state index contributed by atoms with van der Waals surface area (Å²) in [5.41, 5.74) is 4.78. The quantitative estimate of drug-likeness (QED) is 0.619. The molecule has 34 heavy (non-hydrogen) atoms. The van der Waals surface area contributed by atoms with Gasteiger partial charge in [-0.25, -0.2) is 9.18 Å². The molecular weight excluding hydrogens is 433 g/mol. The van der Waals surface area contributed by atoms with Crippen molar-refractivity contribution < 1.29 is 19.1 Å². The standard InChI is InChI=1S/C27H26FN3O3/c1-17-5-7-18(8-6-17)19-9-11-20(12-10-19)26-23-14-30(15-25(33)31(23)24(26)16-32)27(34)29-22-4-2-3-21(28)13-22/h2-13,23-24,26,32H,14-16H2,1H3,(H,29,34)/t23-,24-,26-/m1/s1. The largest absolute Gasteiger partial charge is 0.394 e. The van der Waals surface area contributed by atoms with E-state index in [1.807, 2.05) is 12.1 Å². The number of aryl methyl sites for hydroxylation is 1. The van der Waals surface area contributed by atoms with E-state index in [4.69, 9.17) is 0 Å². The van der Waals surface area contributed by atoms with E-state index in [0.717, 1.165) is 16.7 Å². The fourth-order valence-electron chi connectivity index (χ4n) is 5.07. The zero-order chi connectivity index (χ0) is 23.8. The molecule has 2 aliphatic rings. The molecule has 0 saturated carbocycles. The summed E-state index contributed by atoms with van der Waals surface area (Å²) in [5, 5.41) is 12.7. The number of hydrogen-bond acceptors (Lipinski definition) is 3. The lowest BCUT2D eigenvalue weighted by molar-refractivity contribution is -0.159. The Labute approximate surface area is 197 Å². The first kappa shape index (κ1) is 22.1. The normalized spacial score (nSPS) is 21.6. The summed E-state index contributed by atoms with van der Waals surface area (Å²) < 4.78 is 13.5. The molecule has 0 aliphatic carbocycles. The van der Waals surface area contributed by atoms with Crippen LogP contribution in [0.4, 0.5) is 14.9 Å². The summed E-state index contributed by atoms with van der Waals surface area (Å²) in [6.07, 6.45) is 0. The van der Waals surface area contributed by atoms with Crippen molar-refractivity contribution in [3.63, 3.8) is 0 Å². The van der Waals surface area contributed by atoms with E-state index < -0.39 is 11.8 Å². The molecule has 3 aromatic rings. The molecule has 3 aromatic carbocycles. The second kappa shape index (κ2) is 8.91. The first-order chi connectivity index (χ1) is 16.4. The van der Waals surface area contributed by atoms with Gasteiger partial charge in [0.15, 0.2) is 0 Å². The van der Waals surface area contributed by atoms with Crippen molar-refractivity contribution >= 4 is 17.6 Å². The Hall–Kier alpha value is -3.71. The van der Waals surface area contributed by atoms with Crippen LogP contribution in [0.25, 0.3) is 11.1 Å². The monoisotopic (exact) mass is 459 g/mol. The predicted octanol–water partition coefficient (Wildman–Crippen LogP) is 4.00. The van der Waals surface area contributed by atoms with Crippen molar-refractivity contribution in [2.75, 3.05) is 25.0 Å². The molecule has 0 spiro atoms. The van der Waals surface area contributed by atoms with Crippen molar-refractivity contribution in [3.05, 3.63) is 89.7 Å². The van der Waals surface area contributed by atoms with E-state index in [1.54, 1.807) is 11.0 Å². The average molecular weight is 460 g/mol. The molecule has 0 aromatic heterocycles. The summed E-state index contributed by atoms with van der Waals surface area (Å²) in [6.45, 7) is 2.18. The highest BCUT2D eigenvalue weighted by Crippen LogP contribution is 2.43. The Balaban J connectivity index is 1.34. The van der Waals surface area contributed by atoms with Gasteiger partial charge in [-0.05, 0) is 41.8 Å². The third-order valence-corrected chi connectivity index (χ3v) is 6.80. The lowest BCUT2D eigenvalue weighted by atomic mass is 9.73. The van der Waals surface area contributed by atoms with Gasteiger partial charge in [0, 0.05) is 18.2 Å².